The third-order valence-electron chi connectivity index (χ3n) is 2.43. The second-order valence-electron chi connectivity index (χ2n) is 4.10. The summed E-state index contributed by atoms with van der Waals surface area (Å²) in [5.41, 5.74) is 0. The Kier molecular flexibility index (Phi) is 14.2. The summed E-state index contributed by atoms with van der Waals surface area (Å²) in [5.74, 6) is 6.28. The summed E-state index contributed by atoms with van der Waals surface area (Å²) < 4.78 is 2.51. The van der Waals surface area contributed by atoms with Crippen LogP contribution in [0.25, 0.3) is 0 Å². The molecule has 0 aromatic rings. The summed E-state index contributed by atoms with van der Waals surface area (Å²) in [6.07, 6.45) is 10.6. The molecule has 2 heteroatoms. The van der Waals surface area contributed by atoms with Crippen LogP contribution >= 0.6 is 0 Å². The number of unbranched alkanes of at least 4 members (excludes halogenated alkanes) is 5. The van der Waals surface area contributed by atoms with Gasteiger partial charge in [0.15, 0.2) is 0 Å². The van der Waals surface area contributed by atoms with E-state index in [9.17, 15) is 5.11 Å². The molecule has 0 aliphatic heterocycles. The van der Waals surface area contributed by atoms with Gasteiger partial charge in [-0.1, -0.05) is 0 Å². The molecule has 0 bridgehead atoms. The zero-order valence-corrected chi connectivity index (χ0v) is 13.6. The van der Waals surface area contributed by atoms with Crippen LogP contribution in [0.2, 0.25) is 4.47 Å². The molecule has 0 saturated heterocycles. The number of hydrogen-bond donors (Lipinski definition) is 1. The van der Waals surface area contributed by atoms with Crippen molar-refractivity contribution in [3.63, 3.8) is 0 Å². The van der Waals surface area contributed by atoms with E-state index < -0.39 is 0 Å². The van der Waals surface area contributed by atoms with Crippen molar-refractivity contribution < 1.29 is 5.11 Å². The van der Waals surface area contributed by atoms with Crippen molar-refractivity contribution in [2.45, 2.75) is 63.3 Å². The minimum absolute atomic E-state index is 0.147. The van der Waals surface area contributed by atoms with E-state index in [1.165, 1.54) is 46.6 Å². The zero-order valence-electron chi connectivity index (χ0n) is 11.3. The fourth-order valence-corrected chi connectivity index (χ4v) is 3.98. The summed E-state index contributed by atoms with van der Waals surface area (Å²) in [7, 11) is 0. The zero-order chi connectivity index (χ0) is 12.8. The molecule has 1 nitrogen and oxygen atoms in total. The van der Waals surface area contributed by atoms with Gasteiger partial charge in [-0.2, -0.15) is 0 Å². The van der Waals surface area contributed by atoms with Crippen LogP contribution in [0.15, 0.2) is 9.70 Å². The Balaban J connectivity index is 3.72. The molecule has 0 atom stereocenters. The molecule has 98 valence electrons. The van der Waals surface area contributed by atoms with Gasteiger partial charge >= 0.3 is 117 Å². The van der Waals surface area contributed by atoms with E-state index in [1.807, 2.05) is 6.08 Å². The first-order valence-corrected chi connectivity index (χ1v) is 9.57. The van der Waals surface area contributed by atoms with Gasteiger partial charge in [-0.05, 0) is 0 Å². The molecule has 0 aliphatic carbocycles. The number of hydrogen-bond acceptors (Lipinski definition) is 1. The molecular formula is C15H26OTe. The molecule has 0 saturated carbocycles. The van der Waals surface area contributed by atoms with Gasteiger partial charge in [0.25, 0.3) is 0 Å². The van der Waals surface area contributed by atoms with E-state index in [0.29, 0.717) is 0 Å². The summed E-state index contributed by atoms with van der Waals surface area (Å²) in [4.78, 5) is 0. The fraction of sp³-hybridized carbons (Fsp3) is 0.733. The van der Waals surface area contributed by atoms with Crippen molar-refractivity contribution >= 4 is 20.9 Å². The van der Waals surface area contributed by atoms with E-state index in [-0.39, 0.29) is 27.5 Å². The van der Waals surface area contributed by atoms with Crippen molar-refractivity contribution in [1.29, 1.82) is 0 Å². The molecule has 0 heterocycles. The van der Waals surface area contributed by atoms with Crippen LogP contribution in [-0.2, 0) is 0 Å². The number of aliphatic hydroxyl groups is 1. The second kappa shape index (κ2) is 14.1. The van der Waals surface area contributed by atoms with E-state index in [4.69, 9.17) is 0 Å². The van der Waals surface area contributed by atoms with Crippen LogP contribution in [0, 0.1) is 11.8 Å². The minimum atomic E-state index is -0.147. The quantitative estimate of drug-likeness (QED) is 0.382. The first kappa shape index (κ1) is 17.0. The summed E-state index contributed by atoms with van der Waals surface area (Å²) >= 11 is -0.147. The van der Waals surface area contributed by atoms with Crippen molar-refractivity contribution in [2.24, 2.45) is 0 Å². The molecule has 0 spiro atoms. The van der Waals surface area contributed by atoms with Gasteiger partial charge < -0.3 is 0 Å². The monoisotopic (exact) mass is 352 g/mol. The average molecular weight is 350 g/mol. The molecule has 0 aromatic carbocycles. The first-order valence-electron chi connectivity index (χ1n) is 6.76. The standard InChI is InChI=1S/C15H26OTe/c1-3-5-7-8-9-10-11-12-15(14-16)17-13-6-4-2/h12,16H,3-9,13-14H2,1-2H3/b15-12-. The maximum atomic E-state index is 9.19. The Labute approximate surface area is 117 Å². The molecule has 0 aromatic heterocycles. The van der Waals surface area contributed by atoms with E-state index in [0.717, 1.165) is 6.42 Å². The van der Waals surface area contributed by atoms with Crippen LogP contribution in [0.5, 0.6) is 0 Å². The van der Waals surface area contributed by atoms with Gasteiger partial charge in [0.2, 0.25) is 0 Å². The number of rotatable bonds is 9. The number of allylic oxidation sites excluding steroid dienone is 1. The molecule has 0 fully saturated rings. The molecule has 0 rings (SSSR count). The van der Waals surface area contributed by atoms with Crippen LogP contribution in [-0.4, -0.2) is 32.6 Å². The van der Waals surface area contributed by atoms with E-state index >= 15 is 0 Å². The predicted octanol–water partition coefficient (Wildman–Crippen LogP) is 3.76. The third-order valence-corrected chi connectivity index (χ3v) is 5.60. The topological polar surface area (TPSA) is 20.2 Å². The average Bonchev–Trinajstić information content (AvgIpc) is 2.35. The Morgan fingerprint density at radius 1 is 1.12 bits per heavy atom. The molecule has 17 heavy (non-hydrogen) atoms. The Morgan fingerprint density at radius 3 is 2.53 bits per heavy atom. The van der Waals surface area contributed by atoms with Crippen LogP contribution in [0.3, 0.4) is 0 Å². The van der Waals surface area contributed by atoms with Crippen LogP contribution < -0.4 is 0 Å². The fourth-order valence-electron chi connectivity index (χ4n) is 1.32. The third kappa shape index (κ3) is 12.3. The molecule has 0 amide bonds. The van der Waals surface area contributed by atoms with Crippen molar-refractivity contribution in [2.75, 3.05) is 6.61 Å². The van der Waals surface area contributed by atoms with Crippen molar-refractivity contribution in [1.82, 2.24) is 0 Å². The molecular weight excluding hydrogens is 324 g/mol. The van der Waals surface area contributed by atoms with Crippen LogP contribution in [0.4, 0.5) is 0 Å². The summed E-state index contributed by atoms with van der Waals surface area (Å²) in [6, 6.07) is 0. The summed E-state index contributed by atoms with van der Waals surface area (Å²) in [5, 5.41) is 9.19. The molecule has 1 N–H and O–H groups in total. The van der Waals surface area contributed by atoms with Gasteiger partial charge in [-0.25, -0.2) is 0 Å². The SMILES string of the molecule is CCCCCCC#C/C=C(/CO)[Te]CCCC. The van der Waals surface area contributed by atoms with E-state index in [2.05, 4.69) is 25.7 Å². The summed E-state index contributed by atoms with van der Waals surface area (Å²) in [6.45, 7) is 4.66. The van der Waals surface area contributed by atoms with Crippen molar-refractivity contribution in [3.05, 3.63) is 9.70 Å². The Hall–Kier alpha value is 0.0496. The number of aliphatic hydroxyl groups excluding tert-OH is 1. The van der Waals surface area contributed by atoms with Gasteiger partial charge in [0.1, 0.15) is 0 Å². The Morgan fingerprint density at radius 2 is 1.88 bits per heavy atom. The van der Waals surface area contributed by atoms with Gasteiger partial charge in [0, 0.05) is 0 Å². The van der Waals surface area contributed by atoms with Gasteiger partial charge in [0.05, 0.1) is 0 Å². The normalized spacial score (nSPS) is 11.1. The first-order chi connectivity index (χ1) is 8.35. The van der Waals surface area contributed by atoms with Gasteiger partial charge in [-0.3, -0.25) is 0 Å². The predicted molar refractivity (Wildman–Crippen MR) is 77.2 cm³/mol. The molecule has 0 radical (unpaired) electrons. The van der Waals surface area contributed by atoms with E-state index in [1.54, 1.807) is 0 Å². The van der Waals surface area contributed by atoms with Crippen molar-refractivity contribution in [3.8, 4) is 11.8 Å². The molecule has 0 unspecified atom stereocenters. The molecule has 0 aliphatic rings. The Bertz CT molecular complexity index is 247. The van der Waals surface area contributed by atoms with Crippen LogP contribution in [0.1, 0.15) is 58.8 Å². The van der Waals surface area contributed by atoms with Gasteiger partial charge in [-0.15, -0.1) is 0 Å². The maximum absolute atomic E-state index is 9.19. The second-order valence-corrected chi connectivity index (χ2v) is 7.59.